The molecule has 0 spiro atoms. The molecule has 3 unspecified atom stereocenters. The molecule has 1 heterocycles. The van der Waals surface area contributed by atoms with Crippen LogP contribution in [0.1, 0.15) is 29.5 Å². The average Bonchev–Trinajstić information content (AvgIpc) is 3.34. The highest BCUT2D eigenvalue weighted by Crippen LogP contribution is 2.52. The number of hydrogen-bond acceptors (Lipinski definition) is 6. The molecule has 0 saturated heterocycles. The Morgan fingerprint density at radius 3 is 2.53 bits per heavy atom. The predicted molar refractivity (Wildman–Crippen MR) is 131 cm³/mol. The van der Waals surface area contributed by atoms with Crippen LogP contribution < -0.4 is 19.5 Å². The molecule has 2 aliphatic rings. The van der Waals surface area contributed by atoms with Crippen LogP contribution >= 0.6 is 0 Å². The highest BCUT2D eigenvalue weighted by atomic mass is 32.2. The molecule has 0 aromatic heterocycles. The van der Waals surface area contributed by atoms with Crippen LogP contribution in [0.5, 0.6) is 17.2 Å². The van der Waals surface area contributed by atoms with Gasteiger partial charge in [-0.15, -0.1) is 0 Å². The summed E-state index contributed by atoms with van der Waals surface area (Å²) in [5, 5.41) is 14.3. The number of fused-ring (bicyclic) bond motifs is 3. The molecule has 5 rings (SSSR count). The van der Waals surface area contributed by atoms with Crippen LogP contribution in [-0.4, -0.2) is 27.7 Å². The number of hydrogen-bond donors (Lipinski definition) is 3. The van der Waals surface area contributed by atoms with Gasteiger partial charge in [-0.1, -0.05) is 24.3 Å². The molecule has 3 N–H and O–H groups in total. The number of methoxy groups -OCH3 is 2. The Kier molecular flexibility index (Phi) is 5.61. The van der Waals surface area contributed by atoms with Crippen LogP contribution in [0.25, 0.3) is 0 Å². The molecule has 3 atom stereocenters. The molecule has 3 aromatic rings. The number of aromatic hydroxyl groups is 1. The Hall–Kier alpha value is -3.65. The van der Waals surface area contributed by atoms with Gasteiger partial charge in [0.05, 0.1) is 25.2 Å². The molecule has 0 fully saturated rings. The maximum Gasteiger partial charge on any atom is 0.261 e. The van der Waals surface area contributed by atoms with Crippen LogP contribution in [0, 0.1) is 5.92 Å². The van der Waals surface area contributed by atoms with E-state index in [1.807, 2.05) is 12.1 Å². The van der Waals surface area contributed by atoms with E-state index in [1.165, 1.54) is 7.11 Å². The van der Waals surface area contributed by atoms with E-state index in [2.05, 4.69) is 22.2 Å². The van der Waals surface area contributed by atoms with Gasteiger partial charge in [-0.25, -0.2) is 8.42 Å². The van der Waals surface area contributed by atoms with Crippen LogP contribution in [0.4, 0.5) is 11.4 Å². The van der Waals surface area contributed by atoms with Gasteiger partial charge in [-0.2, -0.15) is 0 Å². The highest BCUT2D eigenvalue weighted by molar-refractivity contribution is 7.92. The molecule has 1 aliphatic carbocycles. The summed E-state index contributed by atoms with van der Waals surface area (Å²) in [4.78, 5) is 0.200. The largest absolute Gasteiger partial charge is 0.504 e. The second kappa shape index (κ2) is 8.61. The summed E-state index contributed by atoms with van der Waals surface area (Å²) in [5.74, 6) is 1.37. The van der Waals surface area contributed by atoms with Gasteiger partial charge in [0.15, 0.2) is 11.5 Å². The molecule has 1 aliphatic heterocycles. The zero-order valence-electron chi connectivity index (χ0n) is 18.9. The highest BCUT2D eigenvalue weighted by Gasteiger charge is 2.39. The fraction of sp³-hybridized carbons (Fsp3) is 0.231. The van der Waals surface area contributed by atoms with Crippen molar-refractivity contribution in [3.8, 4) is 17.2 Å². The van der Waals surface area contributed by atoms with E-state index in [4.69, 9.17) is 9.47 Å². The van der Waals surface area contributed by atoms with Gasteiger partial charge in [0.1, 0.15) is 5.75 Å². The first-order chi connectivity index (χ1) is 16.4. The van der Waals surface area contributed by atoms with Crippen molar-refractivity contribution in [2.45, 2.75) is 23.3 Å². The molecule has 0 bridgehead atoms. The molecule has 0 amide bonds. The van der Waals surface area contributed by atoms with Crippen molar-refractivity contribution in [3.63, 3.8) is 0 Å². The second-order valence-corrected chi connectivity index (χ2v) is 10.1. The first kappa shape index (κ1) is 22.2. The van der Waals surface area contributed by atoms with Crippen molar-refractivity contribution in [2.75, 3.05) is 24.3 Å². The van der Waals surface area contributed by atoms with Crippen molar-refractivity contribution in [3.05, 3.63) is 83.9 Å². The fourth-order valence-corrected chi connectivity index (χ4v) is 5.97. The van der Waals surface area contributed by atoms with E-state index in [1.54, 1.807) is 55.6 Å². The van der Waals surface area contributed by atoms with E-state index in [0.717, 1.165) is 23.2 Å². The number of anilines is 2. The Balaban J connectivity index is 1.48. The van der Waals surface area contributed by atoms with Crippen LogP contribution in [0.2, 0.25) is 0 Å². The zero-order chi connectivity index (χ0) is 23.9. The monoisotopic (exact) mass is 478 g/mol. The summed E-state index contributed by atoms with van der Waals surface area (Å²) in [5.41, 5.74) is 3.00. The molecule has 3 aromatic carbocycles. The number of phenols is 1. The maximum absolute atomic E-state index is 13.1. The minimum Gasteiger partial charge on any atom is -0.504 e. The van der Waals surface area contributed by atoms with Crippen LogP contribution in [-0.2, 0) is 10.0 Å². The molecular formula is C26H26N2O5S. The summed E-state index contributed by atoms with van der Waals surface area (Å²) in [6.45, 7) is 0. The Morgan fingerprint density at radius 1 is 1.00 bits per heavy atom. The predicted octanol–water partition coefficient (Wildman–Crippen LogP) is 5.04. The van der Waals surface area contributed by atoms with Crippen LogP contribution in [0.15, 0.2) is 77.7 Å². The van der Waals surface area contributed by atoms with Crippen LogP contribution in [0.3, 0.4) is 0 Å². The van der Waals surface area contributed by atoms with Gasteiger partial charge in [0.25, 0.3) is 10.0 Å². The number of allylic oxidation sites excluding steroid dienone is 2. The van der Waals surface area contributed by atoms with Gasteiger partial charge in [-0.05, 0) is 66.4 Å². The summed E-state index contributed by atoms with van der Waals surface area (Å²) in [7, 11) is -0.683. The zero-order valence-corrected chi connectivity index (χ0v) is 19.7. The molecule has 0 radical (unpaired) electrons. The van der Waals surface area contributed by atoms with Crippen molar-refractivity contribution >= 4 is 21.4 Å². The molecular weight excluding hydrogens is 452 g/mol. The lowest BCUT2D eigenvalue weighted by Crippen LogP contribution is -2.29. The second-order valence-electron chi connectivity index (χ2n) is 8.46. The number of sulfonamides is 1. The van der Waals surface area contributed by atoms with E-state index in [0.29, 0.717) is 17.2 Å². The van der Waals surface area contributed by atoms with Crippen molar-refractivity contribution in [1.82, 2.24) is 0 Å². The third kappa shape index (κ3) is 3.84. The fourth-order valence-electron chi connectivity index (χ4n) is 4.88. The molecule has 176 valence electrons. The maximum atomic E-state index is 13.1. The van der Waals surface area contributed by atoms with Gasteiger partial charge in [-0.3, -0.25) is 4.72 Å². The van der Waals surface area contributed by atoms with Crippen molar-refractivity contribution in [2.24, 2.45) is 5.92 Å². The normalized spacial score (nSPS) is 20.7. The minimum absolute atomic E-state index is 0.0305. The third-order valence-electron chi connectivity index (χ3n) is 6.57. The van der Waals surface area contributed by atoms with E-state index < -0.39 is 10.0 Å². The number of ether oxygens (including phenoxy) is 2. The lowest BCUT2D eigenvalue weighted by Gasteiger charge is -2.38. The smallest absolute Gasteiger partial charge is 0.261 e. The molecule has 8 heteroatoms. The Morgan fingerprint density at radius 2 is 1.79 bits per heavy atom. The quantitative estimate of drug-likeness (QED) is 0.430. The molecule has 7 nitrogen and oxygen atoms in total. The Bertz CT molecular complexity index is 1350. The van der Waals surface area contributed by atoms with E-state index >= 15 is 0 Å². The Labute approximate surface area is 199 Å². The molecule has 34 heavy (non-hydrogen) atoms. The number of benzene rings is 3. The molecule has 0 saturated carbocycles. The van der Waals surface area contributed by atoms with Gasteiger partial charge >= 0.3 is 0 Å². The first-order valence-corrected chi connectivity index (χ1v) is 12.5. The number of para-hydroxylation sites is 1. The van der Waals surface area contributed by atoms with E-state index in [9.17, 15) is 13.5 Å². The lowest BCUT2D eigenvalue weighted by molar-refractivity contribution is 0.358. The van der Waals surface area contributed by atoms with Crippen molar-refractivity contribution < 1.29 is 23.0 Å². The third-order valence-corrected chi connectivity index (χ3v) is 7.95. The number of rotatable bonds is 6. The lowest BCUT2D eigenvalue weighted by atomic mass is 9.77. The van der Waals surface area contributed by atoms with E-state index in [-0.39, 0.29) is 28.5 Å². The SMILES string of the molecule is COc1ccc(NS(=O)(=O)c2ccc3c(c2)C2C=CCC2C(c2cccc(OC)c2O)N3)cc1. The summed E-state index contributed by atoms with van der Waals surface area (Å²) in [6.07, 6.45) is 5.06. The average molecular weight is 479 g/mol. The summed E-state index contributed by atoms with van der Waals surface area (Å²) in [6, 6.07) is 17.2. The number of phenolic OH excluding ortho intramolecular Hbond substituents is 1. The van der Waals surface area contributed by atoms with Crippen molar-refractivity contribution in [1.29, 1.82) is 0 Å². The standard InChI is InChI=1S/C26H26N2O5S/c1-32-17-11-9-16(10-12-17)28-34(30,31)18-13-14-23-22(15-18)19-5-3-6-20(19)25(27-23)21-7-4-8-24(33-2)26(21)29/h3-5,7-15,19-20,25,27-29H,6H2,1-2H3. The minimum atomic E-state index is -3.78. The van der Waals surface area contributed by atoms with Gasteiger partial charge in [0, 0.05) is 22.9 Å². The first-order valence-electron chi connectivity index (χ1n) is 11.0. The summed E-state index contributed by atoms with van der Waals surface area (Å²) >= 11 is 0. The number of nitrogens with one attached hydrogen (secondary N) is 2. The van der Waals surface area contributed by atoms with Gasteiger partial charge in [0.2, 0.25) is 0 Å². The topological polar surface area (TPSA) is 96.9 Å². The summed E-state index contributed by atoms with van der Waals surface area (Å²) < 4.78 is 39.3. The van der Waals surface area contributed by atoms with Gasteiger partial charge < -0.3 is 19.9 Å².